The van der Waals surface area contributed by atoms with Crippen LogP contribution < -0.4 is 4.72 Å². The Bertz CT molecular complexity index is 394. The highest BCUT2D eigenvalue weighted by molar-refractivity contribution is 9.10. The van der Waals surface area contributed by atoms with Crippen LogP contribution in [0.25, 0.3) is 0 Å². The van der Waals surface area contributed by atoms with E-state index >= 15 is 0 Å². The minimum atomic E-state index is -3.26. The molecular formula is C10H19BrN2O3S. The van der Waals surface area contributed by atoms with Crippen LogP contribution >= 0.6 is 15.9 Å². The second-order valence-electron chi connectivity index (χ2n) is 5.13. The minimum Gasteiger partial charge on any atom is -0.340 e. The van der Waals surface area contributed by atoms with Gasteiger partial charge in [0, 0.05) is 18.6 Å². The predicted molar refractivity (Wildman–Crippen MR) is 70.6 cm³/mol. The van der Waals surface area contributed by atoms with Crippen molar-refractivity contribution < 1.29 is 13.2 Å². The summed E-state index contributed by atoms with van der Waals surface area (Å²) in [5, 5.41) is 0. The minimum absolute atomic E-state index is 0.0413. The van der Waals surface area contributed by atoms with E-state index < -0.39 is 15.6 Å². The number of sulfonamides is 1. The molecule has 5 nitrogen and oxygen atoms in total. The van der Waals surface area contributed by atoms with Crippen molar-refractivity contribution in [2.45, 2.75) is 37.1 Å². The fourth-order valence-corrected chi connectivity index (χ4v) is 3.74. The van der Waals surface area contributed by atoms with Crippen LogP contribution in [-0.2, 0) is 14.8 Å². The summed E-state index contributed by atoms with van der Waals surface area (Å²) < 4.78 is 25.0. The van der Waals surface area contributed by atoms with Gasteiger partial charge < -0.3 is 4.90 Å². The zero-order chi connectivity index (χ0) is 13.3. The van der Waals surface area contributed by atoms with Crippen molar-refractivity contribution >= 4 is 31.9 Å². The highest BCUT2D eigenvalue weighted by Gasteiger charge is 2.32. The smallest absolute Gasteiger partial charge is 0.236 e. The molecular weight excluding hydrogens is 308 g/mol. The highest BCUT2D eigenvalue weighted by atomic mass is 79.9. The van der Waals surface area contributed by atoms with E-state index in [1.807, 2.05) is 0 Å². The average molecular weight is 327 g/mol. The van der Waals surface area contributed by atoms with E-state index in [4.69, 9.17) is 0 Å². The monoisotopic (exact) mass is 326 g/mol. The molecule has 1 atom stereocenters. The second kappa shape index (κ2) is 5.24. The lowest BCUT2D eigenvalue weighted by Gasteiger charge is -2.36. The zero-order valence-electron chi connectivity index (χ0n) is 10.4. The van der Waals surface area contributed by atoms with E-state index in [-0.39, 0.29) is 10.7 Å². The first-order valence-corrected chi connectivity index (χ1v) is 8.33. The van der Waals surface area contributed by atoms with Crippen LogP contribution in [0.5, 0.6) is 0 Å². The molecule has 0 radical (unpaired) electrons. The number of carbonyl (C=O) groups excluding carboxylic acids is 1. The number of nitrogens with one attached hydrogen (secondary N) is 1. The molecule has 1 amide bonds. The van der Waals surface area contributed by atoms with Crippen LogP contribution in [0.3, 0.4) is 0 Å². The van der Waals surface area contributed by atoms with Gasteiger partial charge in [-0.1, -0.05) is 15.9 Å². The Balaban J connectivity index is 2.66. The number of alkyl halides is 1. The van der Waals surface area contributed by atoms with Crippen LogP contribution in [-0.4, -0.2) is 48.9 Å². The maximum Gasteiger partial charge on any atom is 0.236 e. The molecule has 1 unspecified atom stereocenters. The Morgan fingerprint density at radius 1 is 1.53 bits per heavy atom. The summed E-state index contributed by atoms with van der Waals surface area (Å²) in [4.78, 5) is 13.4. The van der Waals surface area contributed by atoms with Crippen molar-refractivity contribution in [2.24, 2.45) is 0 Å². The molecule has 1 N–H and O–H groups in total. The Morgan fingerprint density at radius 3 is 2.65 bits per heavy atom. The lowest BCUT2D eigenvalue weighted by Crippen LogP contribution is -2.55. The second-order valence-corrected chi connectivity index (χ2v) is 7.98. The molecule has 1 fully saturated rings. The van der Waals surface area contributed by atoms with Gasteiger partial charge in [-0.2, -0.15) is 0 Å². The third-order valence-corrected chi connectivity index (χ3v) is 4.29. The van der Waals surface area contributed by atoms with Gasteiger partial charge >= 0.3 is 0 Å². The highest BCUT2D eigenvalue weighted by Crippen LogP contribution is 2.20. The largest absolute Gasteiger partial charge is 0.340 e. The Morgan fingerprint density at radius 2 is 2.12 bits per heavy atom. The van der Waals surface area contributed by atoms with Gasteiger partial charge in [-0.25, -0.2) is 13.1 Å². The quantitative estimate of drug-likeness (QED) is 0.773. The SMILES string of the molecule is CC(C)(CN1CCCC(Br)C1=O)NS(C)(=O)=O. The summed E-state index contributed by atoms with van der Waals surface area (Å²) >= 11 is 3.33. The maximum absolute atomic E-state index is 11.9. The standard InChI is InChI=1S/C10H19BrN2O3S/c1-10(2,12-17(3,15)16)7-13-6-4-5-8(11)9(13)14/h8,12H,4-7H2,1-3H3. The Kier molecular flexibility index (Phi) is 4.60. The van der Waals surface area contributed by atoms with E-state index in [2.05, 4.69) is 20.7 Å². The summed E-state index contributed by atoms with van der Waals surface area (Å²) in [6.45, 7) is 4.63. The topological polar surface area (TPSA) is 66.5 Å². The summed E-state index contributed by atoms with van der Waals surface area (Å²) in [6, 6.07) is 0. The van der Waals surface area contributed by atoms with Crippen molar-refractivity contribution in [3.8, 4) is 0 Å². The predicted octanol–water partition coefficient (Wildman–Crippen LogP) is 0.700. The fourth-order valence-electron chi connectivity index (χ4n) is 2.06. The van der Waals surface area contributed by atoms with Gasteiger partial charge in [-0.15, -0.1) is 0 Å². The molecule has 0 spiro atoms. The zero-order valence-corrected chi connectivity index (χ0v) is 12.8. The third-order valence-electron chi connectivity index (χ3n) is 2.51. The molecule has 0 bridgehead atoms. The molecule has 1 heterocycles. The van der Waals surface area contributed by atoms with E-state index in [1.165, 1.54) is 0 Å². The van der Waals surface area contributed by atoms with E-state index in [0.717, 1.165) is 19.1 Å². The van der Waals surface area contributed by atoms with Crippen molar-refractivity contribution in [2.75, 3.05) is 19.3 Å². The fraction of sp³-hybridized carbons (Fsp3) is 0.900. The molecule has 100 valence electrons. The van der Waals surface area contributed by atoms with Gasteiger partial charge in [0.05, 0.1) is 11.1 Å². The lowest BCUT2D eigenvalue weighted by atomic mass is 10.0. The van der Waals surface area contributed by atoms with E-state index in [0.29, 0.717) is 13.1 Å². The molecule has 0 saturated carbocycles. The molecule has 1 aliphatic rings. The first-order valence-electron chi connectivity index (χ1n) is 5.52. The van der Waals surface area contributed by atoms with Crippen LogP contribution in [0.2, 0.25) is 0 Å². The normalized spacial score (nSPS) is 22.9. The summed E-state index contributed by atoms with van der Waals surface area (Å²) in [7, 11) is -3.26. The first kappa shape index (κ1) is 14.9. The number of halogens is 1. The number of amides is 1. The number of piperidine rings is 1. The van der Waals surface area contributed by atoms with Crippen molar-refractivity contribution in [3.63, 3.8) is 0 Å². The summed E-state index contributed by atoms with van der Waals surface area (Å²) in [5.74, 6) is 0.0413. The van der Waals surface area contributed by atoms with Gasteiger partial charge in [0.2, 0.25) is 15.9 Å². The Labute approximate surface area is 111 Å². The first-order chi connectivity index (χ1) is 7.61. The van der Waals surface area contributed by atoms with Gasteiger partial charge in [-0.3, -0.25) is 4.79 Å². The third kappa shape index (κ3) is 4.93. The molecule has 0 aromatic rings. The average Bonchev–Trinajstić information content (AvgIpc) is 2.08. The molecule has 1 rings (SSSR count). The van der Waals surface area contributed by atoms with E-state index in [9.17, 15) is 13.2 Å². The molecule has 0 aromatic heterocycles. The molecule has 7 heteroatoms. The number of hydrogen-bond donors (Lipinski definition) is 1. The van der Waals surface area contributed by atoms with E-state index in [1.54, 1.807) is 18.7 Å². The molecule has 0 aromatic carbocycles. The number of carbonyl (C=O) groups is 1. The molecule has 1 saturated heterocycles. The summed E-state index contributed by atoms with van der Waals surface area (Å²) in [5.41, 5.74) is -0.646. The van der Waals surface area contributed by atoms with Crippen molar-refractivity contribution in [3.05, 3.63) is 0 Å². The maximum atomic E-state index is 11.9. The van der Waals surface area contributed by atoms with Crippen LogP contribution in [0.15, 0.2) is 0 Å². The Hall–Kier alpha value is -0.140. The van der Waals surface area contributed by atoms with Gasteiger partial charge in [0.15, 0.2) is 0 Å². The van der Waals surface area contributed by atoms with Gasteiger partial charge in [0.25, 0.3) is 0 Å². The van der Waals surface area contributed by atoms with Crippen LogP contribution in [0.4, 0.5) is 0 Å². The van der Waals surface area contributed by atoms with Gasteiger partial charge in [-0.05, 0) is 26.7 Å². The summed E-state index contributed by atoms with van der Waals surface area (Å²) in [6.07, 6.45) is 2.91. The van der Waals surface area contributed by atoms with Crippen molar-refractivity contribution in [1.29, 1.82) is 0 Å². The molecule has 0 aliphatic carbocycles. The van der Waals surface area contributed by atoms with Gasteiger partial charge in [0.1, 0.15) is 0 Å². The van der Waals surface area contributed by atoms with Crippen LogP contribution in [0, 0.1) is 0 Å². The molecule has 1 aliphatic heterocycles. The molecule has 17 heavy (non-hydrogen) atoms. The number of hydrogen-bond acceptors (Lipinski definition) is 3. The number of nitrogens with zero attached hydrogens (tertiary/aromatic N) is 1. The van der Waals surface area contributed by atoms with Crippen molar-refractivity contribution in [1.82, 2.24) is 9.62 Å². The number of likely N-dealkylation sites (tertiary alicyclic amines) is 1. The number of rotatable bonds is 4. The van der Waals surface area contributed by atoms with Crippen LogP contribution in [0.1, 0.15) is 26.7 Å². The lowest BCUT2D eigenvalue weighted by molar-refractivity contribution is -0.133.